The second kappa shape index (κ2) is 7.19. The van der Waals surface area contributed by atoms with E-state index in [0.29, 0.717) is 24.9 Å². The number of hydrogen-bond acceptors (Lipinski definition) is 4. The lowest BCUT2D eigenvalue weighted by atomic mass is 9.78. The minimum absolute atomic E-state index is 0. The Labute approximate surface area is 170 Å². The van der Waals surface area contributed by atoms with Crippen LogP contribution in [0.25, 0.3) is 0 Å². The predicted octanol–water partition coefficient (Wildman–Crippen LogP) is 0.455. The molecular formula is C20H27ClN4O3. The van der Waals surface area contributed by atoms with Gasteiger partial charge >= 0.3 is 0 Å². The molecule has 5 atom stereocenters. The van der Waals surface area contributed by atoms with Gasteiger partial charge in [-0.3, -0.25) is 19.0 Å². The monoisotopic (exact) mass is 406 g/mol. The summed E-state index contributed by atoms with van der Waals surface area (Å²) in [6.07, 6.45) is 0.867. The Morgan fingerprint density at radius 3 is 2.36 bits per heavy atom. The lowest BCUT2D eigenvalue weighted by Crippen LogP contribution is -2.54. The number of piperidine rings is 1. The lowest BCUT2D eigenvalue weighted by molar-refractivity contribution is -0.141. The molecule has 5 rings (SSSR count). The molecule has 8 heteroatoms. The van der Waals surface area contributed by atoms with Crippen molar-refractivity contribution in [2.75, 3.05) is 39.3 Å². The average molecular weight is 407 g/mol. The highest BCUT2D eigenvalue weighted by atomic mass is 35.5. The molecular weight excluding hydrogens is 380 g/mol. The number of fused-ring (bicyclic) bond motifs is 5. The summed E-state index contributed by atoms with van der Waals surface area (Å²) in [5.74, 6) is 1.30. The molecule has 4 aliphatic rings. The number of nitrogens with zero attached hydrogens (tertiary/aromatic N) is 3. The van der Waals surface area contributed by atoms with Gasteiger partial charge in [-0.15, -0.1) is 12.4 Å². The number of carbonyl (C=O) groups is 2. The van der Waals surface area contributed by atoms with Crippen LogP contribution in [0.3, 0.4) is 0 Å². The predicted molar refractivity (Wildman–Crippen MR) is 107 cm³/mol. The van der Waals surface area contributed by atoms with Gasteiger partial charge in [-0.2, -0.15) is 0 Å². The molecule has 1 N–H and O–H groups in total. The maximum Gasteiger partial charge on any atom is 0.251 e. The second-order valence-corrected chi connectivity index (χ2v) is 8.64. The molecule has 0 aliphatic carbocycles. The van der Waals surface area contributed by atoms with Crippen molar-refractivity contribution in [2.45, 2.75) is 25.3 Å². The summed E-state index contributed by atoms with van der Waals surface area (Å²) in [7, 11) is 0. The number of pyridine rings is 1. The van der Waals surface area contributed by atoms with Crippen LogP contribution in [0.4, 0.5) is 0 Å². The molecule has 0 radical (unpaired) electrons. The van der Waals surface area contributed by atoms with Gasteiger partial charge < -0.3 is 15.1 Å². The van der Waals surface area contributed by atoms with Crippen molar-refractivity contribution in [3.05, 3.63) is 34.2 Å². The number of halogens is 1. The SMILES string of the molecule is CC(=O)N1C[C@H]2C[C@@H](C1)[C@H](C(=O)N1C[C@H]3CNC[C@H]3C1)n1c2cccc1=O.Cl. The summed E-state index contributed by atoms with van der Waals surface area (Å²) in [6, 6.07) is 4.79. The van der Waals surface area contributed by atoms with Gasteiger partial charge in [0.25, 0.3) is 5.56 Å². The number of carbonyl (C=O) groups excluding carboxylic acids is 2. The smallest absolute Gasteiger partial charge is 0.251 e. The zero-order valence-electron chi connectivity index (χ0n) is 16.0. The van der Waals surface area contributed by atoms with Crippen LogP contribution in [-0.2, 0) is 9.59 Å². The first-order chi connectivity index (χ1) is 13.0. The standard InChI is InChI=1S/C20H26N4O3.ClH/c1-12(25)22-8-13-5-14(9-22)19(24-17(13)3-2-4-18(24)26)20(27)23-10-15-6-21-7-16(15)11-23;/h2-4,13-16,19,21H,5-11H2,1H3;1H/t13-,14+,15-,16+,19-;/m1./s1. The average Bonchev–Trinajstić information content (AvgIpc) is 3.24. The summed E-state index contributed by atoms with van der Waals surface area (Å²) >= 11 is 0. The largest absolute Gasteiger partial charge is 0.342 e. The van der Waals surface area contributed by atoms with Crippen molar-refractivity contribution < 1.29 is 9.59 Å². The van der Waals surface area contributed by atoms with Crippen molar-refractivity contribution in [2.24, 2.45) is 17.8 Å². The fourth-order valence-corrected chi connectivity index (χ4v) is 5.73. The zero-order valence-corrected chi connectivity index (χ0v) is 16.9. The van der Waals surface area contributed by atoms with E-state index in [-0.39, 0.29) is 41.6 Å². The summed E-state index contributed by atoms with van der Waals surface area (Å²) in [4.78, 5) is 42.2. The Balaban J connectivity index is 0.00000192. The van der Waals surface area contributed by atoms with E-state index >= 15 is 0 Å². The molecule has 0 aromatic carbocycles. The molecule has 2 amide bonds. The van der Waals surface area contributed by atoms with Crippen molar-refractivity contribution in [1.82, 2.24) is 19.7 Å². The lowest BCUT2D eigenvalue weighted by Gasteiger charge is -2.46. The third-order valence-electron chi connectivity index (χ3n) is 7.05. The highest BCUT2D eigenvalue weighted by molar-refractivity contribution is 5.85. The Bertz CT molecular complexity index is 844. The Morgan fingerprint density at radius 2 is 1.68 bits per heavy atom. The molecule has 7 nitrogen and oxygen atoms in total. The molecule has 4 aliphatic heterocycles. The maximum atomic E-state index is 13.6. The second-order valence-electron chi connectivity index (χ2n) is 8.64. The van der Waals surface area contributed by atoms with E-state index < -0.39 is 6.04 Å². The minimum Gasteiger partial charge on any atom is -0.342 e. The molecule has 2 bridgehead atoms. The Kier molecular flexibility index (Phi) is 5.00. The minimum atomic E-state index is -0.487. The molecule has 0 saturated carbocycles. The number of nitrogens with one attached hydrogen (secondary N) is 1. The van der Waals surface area contributed by atoms with Crippen molar-refractivity contribution >= 4 is 24.2 Å². The first-order valence-electron chi connectivity index (χ1n) is 9.99. The number of hydrogen-bond donors (Lipinski definition) is 1. The van der Waals surface area contributed by atoms with Crippen molar-refractivity contribution in [3.8, 4) is 0 Å². The third-order valence-corrected chi connectivity index (χ3v) is 7.05. The number of likely N-dealkylation sites (tertiary alicyclic amines) is 2. The van der Waals surface area contributed by atoms with E-state index in [0.717, 1.165) is 38.3 Å². The molecule has 3 saturated heterocycles. The molecule has 28 heavy (non-hydrogen) atoms. The number of aromatic nitrogens is 1. The summed E-state index contributed by atoms with van der Waals surface area (Å²) < 4.78 is 1.74. The molecule has 5 heterocycles. The van der Waals surface area contributed by atoms with E-state index in [1.807, 2.05) is 15.9 Å². The molecule has 0 spiro atoms. The van der Waals surface area contributed by atoms with Crippen LogP contribution >= 0.6 is 12.4 Å². The zero-order chi connectivity index (χ0) is 18.7. The van der Waals surface area contributed by atoms with Gasteiger partial charge in [-0.25, -0.2) is 0 Å². The Morgan fingerprint density at radius 1 is 1.00 bits per heavy atom. The highest BCUT2D eigenvalue weighted by Gasteiger charge is 2.47. The van der Waals surface area contributed by atoms with Crippen molar-refractivity contribution in [1.29, 1.82) is 0 Å². The van der Waals surface area contributed by atoms with Crippen LogP contribution in [0.1, 0.15) is 31.0 Å². The number of amides is 2. The molecule has 152 valence electrons. The van der Waals surface area contributed by atoms with Crippen LogP contribution < -0.4 is 10.9 Å². The fourth-order valence-electron chi connectivity index (χ4n) is 5.73. The van der Waals surface area contributed by atoms with Crippen LogP contribution in [-0.4, -0.2) is 65.4 Å². The quantitative estimate of drug-likeness (QED) is 0.735. The molecule has 0 unspecified atom stereocenters. The highest BCUT2D eigenvalue weighted by Crippen LogP contribution is 2.42. The summed E-state index contributed by atoms with van der Waals surface area (Å²) in [5, 5.41) is 3.40. The van der Waals surface area contributed by atoms with Gasteiger partial charge in [-0.1, -0.05) is 6.07 Å². The van der Waals surface area contributed by atoms with Crippen LogP contribution in [0, 0.1) is 17.8 Å². The van der Waals surface area contributed by atoms with Crippen LogP contribution in [0.2, 0.25) is 0 Å². The van der Waals surface area contributed by atoms with Crippen molar-refractivity contribution in [3.63, 3.8) is 0 Å². The van der Waals surface area contributed by atoms with Gasteiger partial charge in [0.05, 0.1) is 0 Å². The molecule has 3 fully saturated rings. The van der Waals surface area contributed by atoms with Gasteiger partial charge in [0, 0.05) is 69.8 Å². The first-order valence-corrected chi connectivity index (χ1v) is 9.99. The Hall–Kier alpha value is -1.86. The fraction of sp³-hybridized carbons (Fsp3) is 0.650. The molecule has 1 aromatic heterocycles. The normalized spacial score (nSPS) is 33.1. The van der Waals surface area contributed by atoms with E-state index in [1.165, 1.54) is 0 Å². The van der Waals surface area contributed by atoms with Crippen LogP contribution in [0.5, 0.6) is 0 Å². The summed E-state index contributed by atoms with van der Waals surface area (Å²) in [5.41, 5.74) is 0.807. The third kappa shape index (κ3) is 2.95. The van der Waals surface area contributed by atoms with Gasteiger partial charge in [0.2, 0.25) is 11.8 Å². The van der Waals surface area contributed by atoms with E-state index in [4.69, 9.17) is 0 Å². The first kappa shape index (κ1) is 19.5. The van der Waals surface area contributed by atoms with E-state index in [9.17, 15) is 14.4 Å². The summed E-state index contributed by atoms with van der Waals surface area (Å²) in [6.45, 7) is 6.27. The maximum absolute atomic E-state index is 13.6. The topological polar surface area (TPSA) is 74.7 Å². The van der Waals surface area contributed by atoms with E-state index in [2.05, 4.69) is 5.32 Å². The number of rotatable bonds is 1. The molecule has 1 aromatic rings. The van der Waals surface area contributed by atoms with E-state index in [1.54, 1.807) is 23.6 Å². The van der Waals surface area contributed by atoms with Gasteiger partial charge in [0.1, 0.15) is 6.04 Å². The van der Waals surface area contributed by atoms with Crippen LogP contribution in [0.15, 0.2) is 23.0 Å². The van der Waals surface area contributed by atoms with Gasteiger partial charge in [-0.05, 0) is 24.3 Å². The van der Waals surface area contributed by atoms with Gasteiger partial charge in [0.15, 0.2) is 0 Å².